The maximum atomic E-state index is 11.4. The summed E-state index contributed by atoms with van der Waals surface area (Å²) in [4.78, 5) is 13.8. The number of carboxylic acid groups (broad SMARTS) is 1. The Morgan fingerprint density at radius 2 is 1.65 bits per heavy atom. The zero-order valence-corrected chi connectivity index (χ0v) is 13.8. The predicted molar refractivity (Wildman–Crippen MR) is 88.5 cm³/mol. The third-order valence-electron chi connectivity index (χ3n) is 4.15. The van der Waals surface area contributed by atoms with Gasteiger partial charge in [0.1, 0.15) is 0 Å². The number of nitrogens with zero attached hydrogens (tertiary/aromatic N) is 4. The first-order valence-corrected chi connectivity index (χ1v) is 7.93. The van der Waals surface area contributed by atoms with Gasteiger partial charge in [-0.3, -0.25) is 0 Å². The average Bonchev–Trinajstić information content (AvgIpc) is 3.16. The molecule has 0 amide bonds. The van der Waals surface area contributed by atoms with Gasteiger partial charge in [-0.05, 0) is 37.1 Å². The van der Waals surface area contributed by atoms with Gasteiger partial charge in [-0.1, -0.05) is 26.0 Å². The van der Waals surface area contributed by atoms with E-state index in [0.717, 1.165) is 18.8 Å². The van der Waals surface area contributed by atoms with Crippen molar-refractivity contribution in [3.8, 4) is 5.69 Å². The molecule has 2 aromatic rings. The Morgan fingerprint density at radius 3 is 2.17 bits per heavy atom. The van der Waals surface area contributed by atoms with Crippen LogP contribution in [-0.4, -0.2) is 39.2 Å². The highest BCUT2D eigenvalue weighted by Gasteiger charge is 2.29. The molecule has 1 aliphatic rings. The van der Waals surface area contributed by atoms with Gasteiger partial charge in [-0.2, -0.15) is 0 Å². The Hall–Kier alpha value is -2.37. The van der Waals surface area contributed by atoms with Crippen molar-refractivity contribution in [3.63, 3.8) is 0 Å². The molecule has 6 heteroatoms. The van der Waals surface area contributed by atoms with E-state index in [-0.39, 0.29) is 11.1 Å². The van der Waals surface area contributed by atoms with Gasteiger partial charge in [0.05, 0.1) is 11.4 Å². The lowest BCUT2D eigenvalue weighted by atomic mass is 9.90. The molecule has 0 aliphatic carbocycles. The summed E-state index contributed by atoms with van der Waals surface area (Å²) in [5, 5.41) is 17.3. The summed E-state index contributed by atoms with van der Waals surface area (Å²) in [7, 11) is 0. The van der Waals surface area contributed by atoms with Crippen LogP contribution in [0.3, 0.4) is 0 Å². The molecule has 6 nitrogen and oxygen atoms in total. The van der Waals surface area contributed by atoms with Crippen molar-refractivity contribution in [2.24, 2.45) is 0 Å². The Kier molecular flexibility index (Phi) is 3.83. The number of rotatable bonds is 3. The largest absolute Gasteiger partial charge is 0.476 e. The molecular weight excluding hydrogens is 292 g/mol. The fourth-order valence-corrected chi connectivity index (χ4v) is 3.06. The number of aromatic nitrogens is 3. The van der Waals surface area contributed by atoms with Crippen LogP contribution in [0.15, 0.2) is 24.3 Å². The summed E-state index contributed by atoms with van der Waals surface area (Å²) in [6, 6.07) is 8.08. The van der Waals surface area contributed by atoms with Crippen LogP contribution >= 0.6 is 0 Å². The Morgan fingerprint density at radius 1 is 1.09 bits per heavy atom. The van der Waals surface area contributed by atoms with E-state index < -0.39 is 5.97 Å². The second-order valence-electron chi connectivity index (χ2n) is 6.96. The topological polar surface area (TPSA) is 71.2 Å². The summed E-state index contributed by atoms with van der Waals surface area (Å²) >= 11 is 0. The number of hydrogen-bond acceptors (Lipinski definition) is 4. The van der Waals surface area contributed by atoms with Crippen LogP contribution in [0.5, 0.6) is 0 Å². The first-order chi connectivity index (χ1) is 10.9. The number of hydrogen-bond donors (Lipinski definition) is 1. The molecule has 0 radical (unpaired) electrons. The highest BCUT2D eigenvalue weighted by molar-refractivity contribution is 5.87. The smallest absolute Gasteiger partial charge is 0.358 e. The zero-order chi connectivity index (χ0) is 16.6. The third kappa shape index (κ3) is 2.93. The fraction of sp³-hybridized carbons (Fsp3) is 0.471. The molecule has 0 bridgehead atoms. The number of anilines is 1. The second kappa shape index (κ2) is 5.68. The predicted octanol–water partition coefficient (Wildman–Crippen LogP) is 2.86. The summed E-state index contributed by atoms with van der Waals surface area (Å²) in [5.74, 6) is -1.05. The van der Waals surface area contributed by atoms with Crippen molar-refractivity contribution in [2.75, 3.05) is 18.0 Å². The minimum Gasteiger partial charge on any atom is -0.476 e. The Labute approximate surface area is 135 Å². The van der Waals surface area contributed by atoms with Gasteiger partial charge in [-0.25, -0.2) is 9.48 Å². The molecule has 1 aromatic heterocycles. The molecule has 3 rings (SSSR count). The molecule has 2 heterocycles. The fourth-order valence-electron chi connectivity index (χ4n) is 3.06. The second-order valence-corrected chi connectivity index (χ2v) is 6.96. The van der Waals surface area contributed by atoms with E-state index in [2.05, 4.69) is 27.3 Å². The van der Waals surface area contributed by atoms with Gasteiger partial charge in [0.25, 0.3) is 0 Å². The van der Waals surface area contributed by atoms with E-state index >= 15 is 0 Å². The molecule has 0 spiro atoms. The Balaban J connectivity index is 2.00. The van der Waals surface area contributed by atoms with Crippen LogP contribution < -0.4 is 4.90 Å². The van der Waals surface area contributed by atoms with Gasteiger partial charge < -0.3 is 10.0 Å². The summed E-state index contributed by atoms with van der Waals surface area (Å²) < 4.78 is 1.64. The molecule has 1 aromatic carbocycles. The molecule has 23 heavy (non-hydrogen) atoms. The van der Waals surface area contributed by atoms with Crippen molar-refractivity contribution in [1.29, 1.82) is 0 Å². The first-order valence-electron chi connectivity index (χ1n) is 7.93. The third-order valence-corrected chi connectivity index (χ3v) is 4.15. The van der Waals surface area contributed by atoms with Crippen LogP contribution in [0.1, 0.15) is 49.8 Å². The zero-order valence-electron chi connectivity index (χ0n) is 13.8. The van der Waals surface area contributed by atoms with E-state index in [1.54, 1.807) is 4.68 Å². The van der Waals surface area contributed by atoms with Crippen molar-refractivity contribution in [2.45, 2.75) is 39.0 Å². The standard InChI is InChI=1S/C17H22N4O2/c1-17(2,3)15-14(16(22)23)18-19-21(15)13-8-6-12(7-9-13)20-10-4-5-11-20/h6-9H,4-5,10-11H2,1-3H3,(H,22,23). The molecule has 0 atom stereocenters. The van der Waals surface area contributed by atoms with Crippen molar-refractivity contribution < 1.29 is 9.90 Å². The van der Waals surface area contributed by atoms with Gasteiger partial charge in [0, 0.05) is 24.2 Å². The summed E-state index contributed by atoms with van der Waals surface area (Å²) in [6.07, 6.45) is 2.47. The monoisotopic (exact) mass is 314 g/mol. The normalized spacial score (nSPS) is 15.2. The SMILES string of the molecule is CC(C)(C)c1c(C(=O)O)nnn1-c1ccc(N2CCCC2)cc1. The van der Waals surface area contributed by atoms with Crippen LogP contribution in [0.2, 0.25) is 0 Å². The number of carboxylic acids is 1. The highest BCUT2D eigenvalue weighted by atomic mass is 16.4. The molecule has 1 aliphatic heterocycles. The van der Waals surface area contributed by atoms with Crippen molar-refractivity contribution in [1.82, 2.24) is 15.0 Å². The van der Waals surface area contributed by atoms with E-state index in [1.165, 1.54) is 18.5 Å². The molecule has 1 saturated heterocycles. The first kappa shape index (κ1) is 15.5. The van der Waals surface area contributed by atoms with Gasteiger partial charge in [0.15, 0.2) is 5.69 Å². The lowest BCUT2D eigenvalue weighted by Crippen LogP contribution is -2.21. The van der Waals surface area contributed by atoms with Crippen LogP contribution in [0.25, 0.3) is 5.69 Å². The lowest BCUT2D eigenvalue weighted by molar-refractivity contribution is 0.0687. The average molecular weight is 314 g/mol. The van der Waals surface area contributed by atoms with Crippen LogP contribution in [0, 0.1) is 0 Å². The number of aromatic carboxylic acids is 1. The maximum absolute atomic E-state index is 11.4. The van der Waals surface area contributed by atoms with Crippen molar-refractivity contribution >= 4 is 11.7 Å². The minimum absolute atomic E-state index is 0.0149. The number of carbonyl (C=O) groups is 1. The molecule has 1 N–H and O–H groups in total. The van der Waals surface area contributed by atoms with E-state index in [9.17, 15) is 9.90 Å². The highest BCUT2D eigenvalue weighted by Crippen LogP contribution is 2.28. The maximum Gasteiger partial charge on any atom is 0.358 e. The van der Waals surface area contributed by atoms with Gasteiger partial charge in [-0.15, -0.1) is 5.10 Å². The molecule has 122 valence electrons. The van der Waals surface area contributed by atoms with Crippen LogP contribution in [0.4, 0.5) is 5.69 Å². The van der Waals surface area contributed by atoms with Crippen molar-refractivity contribution in [3.05, 3.63) is 35.7 Å². The van der Waals surface area contributed by atoms with Crippen LogP contribution in [-0.2, 0) is 5.41 Å². The summed E-state index contributed by atoms with van der Waals surface area (Å²) in [6.45, 7) is 8.09. The molecule has 1 fully saturated rings. The molecule has 0 unspecified atom stereocenters. The number of benzene rings is 1. The van der Waals surface area contributed by atoms with E-state index in [1.807, 2.05) is 32.9 Å². The van der Waals surface area contributed by atoms with Gasteiger partial charge in [0.2, 0.25) is 0 Å². The minimum atomic E-state index is -1.05. The van der Waals surface area contributed by atoms with E-state index in [0.29, 0.717) is 5.69 Å². The van der Waals surface area contributed by atoms with E-state index in [4.69, 9.17) is 0 Å². The van der Waals surface area contributed by atoms with Gasteiger partial charge >= 0.3 is 5.97 Å². The molecular formula is C17H22N4O2. The summed E-state index contributed by atoms with van der Waals surface area (Å²) in [5.41, 5.74) is 2.28. The molecule has 0 saturated carbocycles. The lowest BCUT2D eigenvalue weighted by Gasteiger charge is -2.21. The Bertz CT molecular complexity index is 707. The quantitative estimate of drug-likeness (QED) is 0.943.